The first-order valence-corrected chi connectivity index (χ1v) is 5.05. The van der Waals surface area contributed by atoms with Crippen molar-refractivity contribution in [2.24, 2.45) is 0 Å². The Bertz CT molecular complexity index is 279. The summed E-state index contributed by atoms with van der Waals surface area (Å²) in [6.45, 7) is 4.24. The molecule has 1 nitrogen and oxygen atoms in total. The second-order valence-electron chi connectivity index (χ2n) is 3.22. The van der Waals surface area contributed by atoms with E-state index in [0.29, 0.717) is 16.7 Å². The molecule has 0 fully saturated rings. The van der Waals surface area contributed by atoms with Gasteiger partial charge in [-0.3, -0.25) is 0 Å². The topological polar surface area (TPSA) is 20.2 Å². The van der Waals surface area contributed by atoms with Crippen molar-refractivity contribution in [3.63, 3.8) is 0 Å². The molecular weight excluding hydrogens is 184 g/mol. The lowest BCUT2D eigenvalue weighted by Crippen LogP contribution is -1.95. The Kier molecular flexibility index (Phi) is 3.61. The summed E-state index contributed by atoms with van der Waals surface area (Å²) in [6, 6.07) is 5.23. The molecule has 1 N–H and O–H groups in total. The summed E-state index contributed by atoms with van der Waals surface area (Å²) in [5.41, 5.74) is 0.970. The van der Waals surface area contributed by atoms with Crippen LogP contribution in [0.5, 0.6) is 5.75 Å². The van der Waals surface area contributed by atoms with Gasteiger partial charge < -0.3 is 5.11 Å². The second-order valence-corrected chi connectivity index (χ2v) is 3.65. The smallest absolute Gasteiger partial charge is 0.119 e. The predicted molar refractivity (Wildman–Crippen MR) is 56.4 cm³/mol. The number of benzene rings is 1. The Hall–Kier alpha value is -0.690. The summed E-state index contributed by atoms with van der Waals surface area (Å²) in [7, 11) is 0. The number of halogens is 1. The first kappa shape index (κ1) is 10.4. The van der Waals surface area contributed by atoms with E-state index in [0.717, 1.165) is 18.4 Å². The predicted octanol–water partition coefficient (Wildman–Crippen LogP) is 3.95. The summed E-state index contributed by atoms with van der Waals surface area (Å²) in [5, 5.41) is 10.3. The zero-order valence-electron chi connectivity index (χ0n) is 8.05. The van der Waals surface area contributed by atoms with Crippen LogP contribution in [0, 0.1) is 0 Å². The lowest BCUT2D eigenvalue weighted by Gasteiger charge is -2.14. The number of aromatic hydroxyl groups is 1. The molecule has 0 aliphatic heterocycles. The van der Waals surface area contributed by atoms with Crippen LogP contribution in [-0.4, -0.2) is 5.11 Å². The Labute approximate surface area is 84.4 Å². The Morgan fingerprint density at radius 1 is 1.31 bits per heavy atom. The normalized spacial score (nSPS) is 10.8. The van der Waals surface area contributed by atoms with E-state index in [2.05, 4.69) is 13.8 Å². The van der Waals surface area contributed by atoms with Gasteiger partial charge in [0.15, 0.2) is 0 Å². The van der Waals surface area contributed by atoms with Crippen LogP contribution in [0.2, 0.25) is 5.02 Å². The molecule has 0 spiro atoms. The van der Waals surface area contributed by atoms with Crippen LogP contribution in [0.15, 0.2) is 18.2 Å². The highest BCUT2D eigenvalue weighted by molar-refractivity contribution is 6.30. The molecule has 0 unspecified atom stereocenters. The Morgan fingerprint density at radius 3 is 2.46 bits per heavy atom. The fourth-order valence-electron chi connectivity index (χ4n) is 1.58. The van der Waals surface area contributed by atoms with E-state index in [1.165, 1.54) is 0 Å². The summed E-state index contributed by atoms with van der Waals surface area (Å²) in [5.74, 6) is 0.775. The second kappa shape index (κ2) is 4.52. The molecule has 0 aliphatic carbocycles. The van der Waals surface area contributed by atoms with Gasteiger partial charge in [-0.2, -0.15) is 0 Å². The van der Waals surface area contributed by atoms with Crippen LogP contribution >= 0.6 is 11.6 Å². The number of hydrogen-bond acceptors (Lipinski definition) is 1. The van der Waals surface area contributed by atoms with Crippen molar-refractivity contribution in [1.29, 1.82) is 0 Å². The molecule has 0 amide bonds. The molecular formula is C11H15ClO. The third kappa shape index (κ3) is 2.38. The maximum atomic E-state index is 9.61. The van der Waals surface area contributed by atoms with Crippen molar-refractivity contribution >= 4 is 11.6 Å². The largest absolute Gasteiger partial charge is 0.508 e. The van der Waals surface area contributed by atoms with Gasteiger partial charge in [0.2, 0.25) is 0 Å². The minimum Gasteiger partial charge on any atom is -0.508 e. The van der Waals surface area contributed by atoms with E-state index in [1.54, 1.807) is 12.1 Å². The highest BCUT2D eigenvalue weighted by atomic mass is 35.5. The molecule has 0 bridgehead atoms. The molecule has 0 saturated carbocycles. The van der Waals surface area contributed by atoms with Gasteiger partial charge in [-0.25, -0.2) is 0 Å². The van der Waals surface area contributed by atoms with Crippen LogP contribution < -0.4 is 0 Å². The molecule has 0 aromatic heterocycles. The monoisotopic (exact) mass is 198 g/mol. The van der Waals surface area contributed by atoms with Crippen molar-refractivity contribution in [2.45, 2.75) is 32.6 Å². The highest BCUT2D eigenvalue weighted by Crippen LogP contribution is 2.32. The van der Waals surface area contributed by atoms with Crippen LogP contribution in [-0.2, 0) is 0 Å². The third-order valence-electron chi connectivity index (χ3n) is 2.42. The van der Waals surface area contributed by atoms with Gasteiger partial charge >= 0.3 is 0 Å². The van der Waals surface area contributed by atoms with Gasteiger partial charge in [0.05, 0.1) is 0 Å². The van der Waals surface area contributed by atoms with Crippen molar-refractivity contribution in [3.8, 4) is 5.75 Å². The van der Waals surface area contributed by atoms with Crippen LogP contribution in [0.4, 0.5) is 0 Å². The zero-order chi connectivity index (χ0) is 9.84. The lowest BCUT2D eigenvalue weighted by atomic mass is 9.93. The fraction of sp³-hybridized carbons (Fsp3) is 0.455. The zero-order valence-corrected chi connectivity index (χ0v) is 8.80. The quantitative estimate of drug-likeness (QED) is 0.780. The number of rotatable bonds is 3. The maximum Gasteiger partial charge on any atom is 0.119 e. The molecule has 1 aromatic rings. The Balaban J connectivity index is 3.03. The molecule has 13 heavy (non-hydrogen) atoms. The van der Waals surface area contributed by atoms with Gasteiger partial charge in [0.25, 0.3) is 0 Å². The van der Waals surface area contributed by atoms with E-state index < -0.39 is 0 Å². The van der Waals surface area contributed by atoms with Crippen molar-refractivity contribution in [2.75, 3.05) is 0 Å². The first-order chi connectivity index (χ1) is 6.19. The minimum absolute atomic E-state index is 0.359. The number of phenols is 1. The summed E-state index contributed by atoms with van der Waals surface area (Å²) in [6.07, 6.45) is 2.06. The van der Waals surface area contributed by atoms with Crippen molar-refractivity contribution < 1.29 is 5.11 Å². The van der Waals surface area contributed by atoms with Crippen LogP contribution in [0.25, 0.3) is 0 Å². The molecule has 0 radical (unpaired) electrons. The first-order valence-electron chi connectivity index (χ1n) is 4.67. The highest BCUT2D eigenvalue weighted by Gasteiger charge is 2.11. The van der Waals surface area contributed by atoms with Crippen molar-refractivity contribution in [3.05, 3.63) is 28.8 Å². The van der Waals surface area contributed by atoms with Gasteiger partial charge in [0, 0.05) is 5.02 Å². The van der Waals surface area contributed by atoms with E-state index in [1.807, 2.05) is 6.07 Å². The minimum atomic E-state index is 0.359. The SMILES string of the molecule is CCC(CC)c1cc(Cl)ccc1O. The van der Waals surface area contributed by atoms with Gasteiger partial charge in [-0.15, -0.1) is 0 Å². The number of hydrogen-bond donors (Lipinski definition) is 1. The van der Waals surface area contributed by atoms with E-state index in [9.17, 15) is 5.11 Å². The molecule has 72 valence electrons. The molecule has 2 heteroatoms. The number of phenolic OH excluding ortho intramolecular Hbond substituents is 1. The fourth-order valence-corrected chi connectivity index (χ4v) is 1.76. The standard InChI is InChI=1S/C11H15ClO/c1-3-8(4-2)10-7-9(12)5-6-11(10)13/h5-8,13H,3-4H2,1-2H3. The van der Waals surface area contributed by atoms with Gasteiger partial charge in [-0.1, -0.05) is 25.4 Å². The maximum absolute atomic E-state index is 9.61. The summed E-state index contributed by atoms with van der Waals surface area (Å²) >= 11 is 5.86. The molecule has 0 heterocycles. The molecule has 0 aliphatic rings. The molecule has 0 atom stereocenters. The molecule has 1 aromatic carbocycles. The molecule has 0 saturated heterocycles. The summed E-state index contributed by atoms with van der Waals surface area (Å²) < 4.78 is 0. The van der Waals surface area contributed by atoms with Crippen LogP contribution in [0.3, 0.4) is 0 Å². The van der Waals surface area contributed by atoms with Gasteiger partial charge in [0.1, 0.15) is 5.75 Å². The van der Waals surface area contributed by atoms with Crippen LogP contribution in [0.1, 0.15) is 38.2 Å². The molecule has 1 rings (SSSR count). The average Bonchev–Trinajstić information content (AvgIpc) is 2.13. The Morgan fingerprint density at radius 2 is 1.92 bits per heavy atom. The van der Waals surface area contributed by atoms with Crippen molar-refractivity contribution in [1.82, 2.24) is 0 Å². The van der Waals surface area contributed by atoms with E-state index >= 15 is 0 Å². The van der Waals surface area contributed by atoms with E-state index in [4.69, 9.17) is 11.6 Å². The van der Waals surface area contributed by atoms with E-state index in [-0.39, 0.29) is 0 Å². The average molecular weight is 199 g/mol. The third-order valence-corrected chi connectivity index (χ3v) is 2.65. The lowest BCUT2D eigenvalue weighted by molar-refractivity contribution is 0.457. The summed E-state index contributed by atoms with van der Waals surface area (Å²) in [4.78, 5) is 0. The van der Waals surface area contributed by atoms with Gasteiger partial charge in [-0.05, 0) is 42.5 Å².